The number of benzene rings is 1. The van der Waals surface area contributed by atoms with Gasteiger partial charge in [0.2, 0.25) is 5.76 Å². The average molecular weight is 458 g/mol. The van der Waals surface area contributed by atoms with Crippen LogP contribution in [-0.4, -0.2) is 35.6 Å². The maximum absolute atomic E-state index is 12.9. The molecule has 10 nitrogen and oxygen atoms in total. The maximum atomic E-state index is 12.9. The lowest BCUT2D eigenvalue weighted by Crippen LogP contribution is -2.24. The van der Waals surface area contributed by atoms with E-state index in [4.69, 9.17) is 0 Å². The van der Waals surface area contributed by atoms with Crippen molar-refractivity contribution in [2.75, 3.05) is 5.32 Å². The first kappa shape index (κ1) is 21.9. The summed E-state index contributed by atoms with van der Waals surface area (Å²) in [4.78, 5) is 24.0. The van der Waals surface area contributed by atoms with E-state index in [9.17, 15) is 18.0 Å². The molecule has 0 bridgehead atoms. The summed E-state index contributed by atoms with van der Waals surface area (Å²) in [5, 5.41) is 13.9. The zero-order valence-electron chi connectivity index (χ0n) is 17.2. The molecule has 13 heteroatoms. The van der Waals surface area contributed by atoms with Gasteiger partial charge in [-0.3, -0.25) is 4.79 Å². The van der Waals surface area contributed by atoms with Gasteiger partial charge in [0.15, 0.2) is 18.0 Å². The summed E-state index contributed by atoms with van der Waals surface area (Å²) in [7, 11) is 1.80. The monoisotopic (exact) mass is 458 g/mol. The van der Waals surface area contributed by atoms with Gasteiger partial charge in [-0.05, 0) is 24.3 Å². The lowest BCUT2D eigenvalue weighted by Gasteiger charge is -2.09. The normalized spacial score (nSPS) is 11.4. The van der Waals surface area contributed by atoms with Crippen LogP contribution >= 0.6 is 0 Å². The largest absolute Gasteiger partial charge is 0.451 e. The molecule has 0 saturated carbocycles. The summed E-state index contributed by atoms with van der Waals surface area (Å²) < 4.78 is 44.7. The molecule has 2 N–H and O–H groups in total. The molecule has 3 heterocycles. The number of aromatic nitrogens is 6. The summed E-state index contributed by atoms with van der Waals surface area (Å²) in [6.07, 6.45) is -0.964. The van der Waals surface area contributed by atoms with E-state index < -0.39 is 30.1 Å². The third-order valence-corrected chi connectivity index (χ3v) is 4.67. The predicted molar refractivity (Wildman–Crippen MR) is 108 cm³/mol. The van der Waals surface area contributed by atoms with Crippen molar-refractivity contribution in [3.8, 4) is 11.5 Å². The summed E-state index contributed by atoms with van der Waals surface area (Å²) in [6.45, 7) is -0.111. The Morgan fingerprint density at radius 2 is 2.00 bits per heavy atom. The van der Waals surface area contributed by atoms with Crippen LogP contribution in [0.2, 0.25) is 0 Å². The van der Waals surface area contributed by atoms with Gasteiger partial charge in [-0.2, -0.15) is 13.2 Å². The van der Waals surface area contributed by atoms with Gasteiger partial charge in [0.25, 0.3) is 5.91 Å². The lowest BCUT2D eigenvalue weighted by atomic mass is 10.2. The zero-order chi connectivity index (χ0) is 23.4. The smallest absolute Gasteiger partial charge is 0.439 e. The second kappa shape index (κ2) is 9.06. The van der Waals surface area contributed by atoms with E-state index in [-0.39, 0.29) is 5.56 Å². The molecule has 0 aliphatic rings. The number of hydrogen-bond donors (Lipinski definition) is 2. The highest BCUT2D eigenvalue weighted by molar-refractivity contribution is 5.95. The Morgan fingerprint density at radius 1 is 1.15 bits per heavy atom. The Hall–Kier alpha value is -4.29. The first-order valence-corrected chi connectivity index (χ1v) is 9.59. The van der Waals surface area contributed by atoms with E-state index in [0.29, 0.717) is 36.0 Å². The summed E-state index contributed by atoms with van der Waals surface area (Å²) in [6, 6.07) is 8.24. The molecule has 0 atom stereocenters. The first-order valence-electron chi connectivity index (χ1n) is 9.59. The van der Waals surface area contributed by atoms with E-state index in [1.54, 1.807) is 48.1 Å². The quantitative estimate of drug-likeness (QED) is 0.433. The van der Waals surface area contributed by atoms with Crippen LogP contribution in [0.3, 0.4) is 0 Å². The third kappa shape index (κ3) is 4.97. The highest BCUT2D eigenvalue weighted by Gasteiger charge is 2.38. The minimum Gasteiger partial charge on any atom is -0.439 e. The number of amides is 1. The van der Waals surface area contributed by atoms with E-state index >= 15 is 0 Å². The lowest BCUT2D eigenvalue weighted by molar-refractivity contribution is -0.153. The second-order valence-corrected chi connectivity index (χ2v) is 6.84. The number of hydrogen-bond acceptors (Lipinski definition) is 8. The van der Waals surface area contributed by atoms with E-state index in [1.807, 2.05) is 0 Å². The maximum Gasteiger partial charge on any atom is 0.451 e. The average Bonchev–Trinajstić information content (AvgIpc) is 3.43. The molecule has 4 rings (SSSR count). The van der Waals surface area contributed by atoms with Gasteiger partial charge >= 0.3 is 6.18 Å². The topological polar surface area (TPSA) is 124 Å². The molecule has 0 radical (unpaired) electrons. The highest BCUT2D eigenvalue weighted by Crippen LogP contribution is 2.31. The molecule has 0 aliphatic carbocycles. The number of halogens is 3. The third-order valence-electron chi connectivity index (χ3n) is 4.67. The van der Waals surface area contributed by atoms with Crippen molar-refractivity contribution in [3.63, 3.8) is 0 Å². The highest BCUT2D eigenvalue weighted by atomic mass is 19.4. The fourth-order valence-corrected chi connectivity index (χ4v) is 3.00. The molecule has 33 heavy (non-hydrogen) atoms. The molecule has 3 aromatic heterocycles. The van der Waals surface area contributed by atoms with Gasteiger partial charge in [-0.1, -0.05) is 6.07 Å². The van der Waals surface area contributed by atoms with E-state index in [2.05, 4.69) is 40.2 Å². The Bertz CT molecular complexity index is 1250. The molecule has 170 valence electrons. The van der Waals surface area contributed by atoms with Gasteiger partial charge in [0, 0.05) is 24.5 Å². The molecule has 0 spiro atoms. The SMILES string of the molecule is Cn1c(CNc2cccc(C(=O)NCc3ncoc3C(F)(F)F)c2)nnc1-c1ccncn1. The van der Waals surface area contributed by atoms with Crippen molar-refractivity contribution in [1.82, 2.24) is 35.0 Å². The number of nitrogens with zero attached hydrogens (tertiary/aromatic N) is 6. The van der Waals surface area contributed by atoms with Gasteiger partial charge in [-0.15, -0.1) is 10.2 Å². The van der Waals surface area contributed by atoms with Crippen LogP contribution in [0.5, 0.6) is 0 Å². The van der Waals surface area contributed by atoms with Crippen LogP contribution in [0.15, 0.2) is 53.7 Å². The summed E-state index contributed by atoms with van der Waals surface area (Å²) in [5.41, 5.74) is 1.11. The fraction of sp³-hybridized carbons (Fsp3) is 0.200. The van der Waals surface area contributed by atoms with Gasteiger partial charge in [0.1, 0.15) is 17.7 Å². The Kier molecular flexibility index (Phi) is 6.02. The van der Waals surface area contributed by atoms with Gasteiger partial charge in [-0.25, -0.2) is 15.0 Å². The number of oxazole rings is 1. The molecule has 0 unspecified atom stereocenters. The molecule has 0 aliphatic heterocycles. The number of rotatable bonds is 7. The Morgan fingerprint density at radius 3 is 2.76 bits per heavy atom. The standard InChI is InChI=1S/C20H17F3N8O2/c1-31-16(29-30-18(31)14-5-6-24-10-27-14)9-25-13-4-2-3-12(7-13)19(32)26-8-15-17(20(21,22)23)33-11-28-15/h2-7,10-11,25H,8-9H2,1H3,(H,26,32). The molecule has 0 fully saturated rings. The van der Waals surface area contributed by atoms with Crippen LogP contribution in [0.4, 0.5) is 18.9 Å². The molecule has 4 aromatic rings. The van der Waals surface area contributed by atoms with Crippen molar-refractivity contribution < 1.29 is 22.4 Å². The number of carbonyl (C=O) groups excluding carboxylic acids is 1. The van der Waals surface area contributed by atoms with Crippen molar-refractivity contribution in [2.45, 2.75) is 19.3 Å². The van der Waals surface area contributed by atoms with Crippen molar-refractivity contribution >= 4 is 11.6 Å². The van der Waals surface area contributed by atoms with Crippen LogP contribution in [-0.2, 0) is 26.3 Å². The van der Waals surface area contributed by atoms with Crippen molar-refractivity contribution in [1.29, 1.82) is 0 Å². The first-order chi connectivity index (χ1) is 15.8. The molecular formula is C20H17F3N8O2. The van der Waals surface area contributed by atoms with Crippen LogP contribution in [0, 0.1) is 0 Å². The Balaban J connectivity index is 1.39. The number of anilines is 1. The molecule has 0 saturated heterocycles. The van der Waals surface area contributed by atoms with Crippen LogP contribution in [0.1, 0.15) is 27.6 Å². The van der Waals surface area contributed by atoms with Crippen LogP contribution < -0.4 is 10.6 Å². The molecule has 1 amide bonds. The zero-order valence-corrected chi connectivity index (χ0v) is 17.2. The Labute approximate surface area is 184 Å². The minimum absolute atomic E-state index is 0.261. The fourth-order valence-electron chi connectivity index (χ4n) is 3.00. The van der Waals surface area contributed by atoms with Gasteiger partial charge in [0.05, 0.1) is 13.1 Å². The van der Waals surface area contributed by atoms with E-state index in [0.717, 1.165) is 0 Å². The summed E-state index contributed by atoms with van der Waals surface area (Å²) >= 11 is 0. The number of carbonyl (C=O) groups is 1. The minimum atomic E-state index is -4.69. The number of alkyl halides is 3. The van der Waals surface area contributed by atoms with Gasteiger partial charge < -0.3 is 19.6 Å². The van der Waals surface area contributed by atoms with Crippen molar-refractivity contribution in [2.24, 2.45) is 7.05 Å². The predicted octanol–water partition coefficient (Wildman–Crippen LogP) is 2.82. The molecular weight excluding hydrogens is 441 g/mol. The number of nitrogens with one attached hydrogen (secondary N) is 2. The second-order valence-electron chi connectivity index (χ2n) is 6.84. The van der Waals surface area contributed by atoms with Crippen molar-refractivity contribution in [3.05, 3.63) is 72.1 Å². The summed E-state index contributed by atoms with van der Waals surface area (Å²) in [5.74, 6) is -0.583. The van der Waals surface area contributed by atoms with E-state index in [1.165, 1.54) is 6.33 Å². The molecule has 1 aromatic carbocycles. The van der Waals surface area contributed by atoms with Crippen LogP contribution in [0.25, 0.3) is 11.5 Å².